The number of thiophene rings is 2. The Bertz CT molecular complexity index is 3810. The Kier molecular flexibility index (Phi) is 20.1. The third kappa shape index (κ3) is 13.4. The van der Waals surface area contributed by atoms with E-state index in [9.17, 15) is 45.1 Å². The fourth-order valence-corrected chi connectivity index (χ4v) is 14.7. The number of nitrogens with zero attached hydrogens (tertiary/aromatic N) is 4. The average molecular weight is 1220 g/mol. The number of allylic oxidation sites excluding steroid dienone is 4. The van der Waals surface area contributed by atoms with Crippen molar-refractivity contribution in [2.75, 3.05) is 55.7 Å². The van der Waals surface area contributed by atoms with E-state index in [0.29, 0.717) is 76.0 Å². The van der Waals surface area contributed by atoms with Gasteiger partial charge in [-0.2, -0.15) is 21.4 Å². The second-order valence-electron chi connectivity index (χ2n) is 21.9. The molecule has 0 radical (unpaired) electrons. The quantitative estimate of drug-likeness (QED) is 0.0207. The maximum atomic E-state index is 13.7. The summed E-state index contributed by atoms with van der Waals surface area (Å²) in [6.45, 7) is 18.5. The second kappa shape index (κ2) is 26.7. The first-order chi connectivity index (χ1) is 40.1. The van der Waals surface area contributed by atoms with Crippen LogP contribution in [0.4, 0.5) is 11.4 Å². The molecule has 6 N–H and O–H groups in total. The monoisotopic (exact) mass is 1220 g/mol. The summed E-state index contributed by atoms with van der Waals surface area (Å²) in [5.74, 6) is -2.58. The Morgan fingerprint density at radius 3 is 1.60 bits per heavy atom. The van der Waals surface area contributed by atoms with Gasteiger partial charge in [-0.05, 0) is 148 Å². The summed E-state index contributed by atoms with van der Waals surface area (Å²) in [5.41, 5.74) is 7.00. The molecule has 0 aliphatic carbocycles. The van der Waals surface area contributed by atoms with E-state index in [2.05, 4.69) is 98.8 Å². The molecule has 4 amide bonds. The molecule has 2 aromatic carbocycles. The maximum Gasteiger partial charge on any atom is 0.269 e. The standard InChI is InChI=1S/C62H76N8O10S4/c1-9-22-61(7)45-37-43(39-33-47(57(71)63-14-6)67-48(34-39)58(72)64-24-10-2)56-42(21-30-82-56)54(45)70(28-17-32-84(78,79)80)51(61)18-15-19-52-62(8,23-16-31-83(75,76)77)46-38-44(55-41(20-29-81-55)53(46)69(52)27-13-5)40-35-49(59(73)65-25-11-3)68-50(36-40)60(74)66-26-12-4/h15,18-21,29-30,33-38H,9-14,16-17,22-28,31-32H2,1-8H3,(H5-,63,64,65,66,71,72,73,74,75,76,77,78,79,80)/p+1/t61-,62-/m0/s1. The fourth-order valence-electron chi connectivity index (χ4n) is 11.8. The number of hydrogen-bond donors (Lipinski definition) is 6. The predicted octanol–water partition coefficient (Wildman–Crippen LogP) is 11.1. The van der Waals surface area contributed by atoms with Crippen molar-refractivity contribution in [1.82, 2.24) is 31.2 Å². The largest absolute Gasteiger partial charge is 0.351 e. The Hall–Kier alpha value is -6.69. The van der Waals surface area contributed by atoms with Crippen molar-refractivity contribution in [2.24, 2.45) is 0 Å². The molecular formula is C62H77N8O10S4+. The van der Waals surface area contributed by atoms with Crippen LogP contribution in [0.25, 0.3) is 42.4 Å². The van der Waals surface area contributed by atoms with Crippen LogP contribution in [0.5, 0.6) is 0 Å². The highest BCUT2D eigenvalue weighted by atomic mass is 32.2. The van der Waals surface area contributed by atoms with E-state index in [-0.39, 0.29) is 42.2 Å². The van der Waals surface area contributed by atoms with Gasteiger partial charge in [0.2, 0.25) is 5.69 Å². The van der Waals surface area contributed by atoms with E-state index in [1.165, 1.54) is 22.7 Å². The van der Waals surface area contributed by atoms with Crippen molar-refractivity contribution < 1.29 is 49.7 Å². The lowest BCUT2D eigenvalue weighted by molar-refractivity contribution is -0.435. The van der Waals surface area contributed by atoms with Gasteiger partial charge < -0.3 is 26.2 Å². The number of carbonyl (C=O) groups excluding carboxylic acids is 4. The molecule has 4 aromatic heterocycles. The highest BCUT2D eigenvalue weighted by Gasteiger charge is 2.49. The van der Waals surface area contributed by atoms with Crippen molar-refractivity contribution in [3.8, 4) is 22.3 Å². The summed E-state index contributed by atoms with van der Waals surface area (Å²) in [5, 5.41) is 17.4. The number of pyridine rings is 2. The van der Waals surface area contributed by atoms with Gasteiger partial charge in [0.25, 0.3) is 43.9 Å². The highest BCUT2D eigenvalue weighted by Crippen LogP contribution is 2.56. The molecule has 0 spiro atoms. The smallest absolute Gasteiger partial charge is 0.269 e. The first kappa shape index (κ1) is 63.3. The van der Waals surface area contributed by atoms with Crippen molar-refractivity contribution in [3.05, 3.63) is 117 Å². The zero-order valence-corrected chi connectivity index (χ0v) is 52.4. The third-order valence-electron chi connectivity index (χ3n) is 15.6. The van der Waals surface area contributed by atoms with Gasteiger partial charge in [-0.25, -0.2) is 9.97 Å². The zero-order chi connectivity index (χ0) is 60.7. The Morgan fingerprint density at radius 2 is 1.11 bits per heavy atom. The van der Waals surface area contributed by atoms with Crippen LogP contribution in [-0.2, 0) is 31.1 Å². The van der Waals surface area contributed by atoms with Crippen molar-refractivity contribution in [1.29, 1.82) is 0 Å². The van der Waals surface area contributed by atoms with Gasteiger partial charge in [-0.1, -0.05) is 47.1 Å². The number of aromatic nitrogens is 2. The molecule has 2 atom stereocenters. The fraction of sp³-hybridized carbons (Fsp3) is 0.435. The van der Waals surface area contributed by atoms with Gasteiger partial charge in [0, 0.05) is 87.8 Å². The van der Waals surface area contributed by atoms with Crippen LogP contribution in [0.3, 0.4) is 0 Å². The lowest BCUT2D eigenvalue weighted by atomic mass is 9.74. The van der Waals surface area contributed by atoms with Crippen LogP contribution in [0.1, 0.15) is 166 Å². The van der Waals surface area contributed by atoms with E-state index in [0.717, 1.165) is 78.1 Å². The number of anilines is 1. The van der Waals surface area contributed by atoms with E-state index in [4.69, 9.17) is 0 Å². The minimum atomic E-state index is -4.35. The number of amides is 4. The Morgan fingerprint density at radius 1 is 0.619 bits per heavy atom. The molecule has 448 valence electrons. The minimum absolute atomic E-state index is 0.0932. The normalized spacial score (nSPS) is 17.4. The third-order valence-corrected chi connectivity index (χ3v) is 19.1. The molecule has 0 saturated carbocycles. The van der Waals surface area contributed by atoms with Crippen LogP contribution in [0.2, 0.25) is 0 Å². The Labute approximate surface area is 500 Å². The molecule has 0 saturated heterocycles. The zero-order valence-electron chi connectivity index (χ0n) is 49.1. The van der Waals surface area contributed by atoms with Crippen LogP contribution in [0, 0.1) is 0 Å². The van der Waals surface area contributed by atoms with Crippen molar-refractivity contribution >= 4 is 104 Å². The van der Waals surface area contributed by atoms with Crippen molar-refractivity contribution in [2.45, 2.75) is 124 Å². The van der Waals surface area contributed by atoms with Gasteiger partial charge in [-0.3, -0.25) is 28.3 Å². The van der Waals surface area contributed by atoms with E-state index >= 15 is 0 Å². The summed E-state index contributed by atoms with van der Waals surface area (Å²) in [6, 6.07) is 15.2. The highest BCUT2D eigenvalue weighted by molar-refractivity contribution is 7.86. The number of nitrogens with one attached hydrogen (secondary N) is 4. The van der Waals surface area contributed by atoms with Crippen LogP contribution >= 0.6 is 22.7 Å². The SMILES string of the molecule is CCCNC(=O)c1cc(-c2cc3c(c4ccsc24)[N+](CCCS(=O)(=O)O)=C(/C=C/C=C2/N(CCC)c4c(cc(-c5cc(C(=O)NCCC)nc(C(=O)NCCC)c5)c5sccc45)[C@]2(C)CCCS(=O)(=O)O)[C@@]3(C)CCC)cc(C(=O)NCC)n1. The second-order valence-corrected chi connectivity index (χ2v) is 26.9. The lowest BCUT2D eigenvalue weighted by Gasteiger charge is -2.30. The molecule has 2 aliphatic heterocycles. The molecular weight excluding hydrogens is 1140 g/mol. The molecule has 8 rings (SSSR count). The maximum absolute atomic E-state index is 13.7. The molecule has 0 unspecified atom stereocenters. The molecule has 84 heavy (non-hydrogen) atoms. The van der Waals surface area contributed by atoms with Gasteiger partial charge in [-0.15, -0.1) is 22.7 Å². The minimum Gasteiger partial charge on any atom is -0.351 e. The molecule has 6 heterocycles. The molecule has 22 heteroatoms. The molecule has 18 nitrogen and oxygen atoms in total. The average Bonchev–Trinajstić information content (AvgIpc) is 1.85. The lowest BCUT2D eigenvalue weighted by Crippen LogP contribution is -2.32. The van der Waals surface area contributed by atoms with Gasteiger partial charge in [0.15, 0.2) is 5.71 Å². The van der Waals surface area contributed by atoms with Gasteiger partial charge in [0.1, 0.15) is 29.3 Å². The van der Waals surface area contributed by atoms with E-state index in [1.807, 2.05) is 50.6 Å². The summed E-state index contributed by atoms with van der Waals surface area (Å²) >= 11 is 3.04. The summed E-state index contributed by atoms with van der Waals surface area (Å²) in [4.78, 5) is 65.8. The van der Waals surface area contributed by atoms with Crippen LogP contribution in [-0.4, -0.2) is 121 Å². The number of hydrogen-bond acceptors (Lipinski definition) is 13. The summed E-state index contributed by atoms with van der Waals surface area (Å²) in [6.07, 6.45) is 10.9. The van der Waals surface area contributed by atoms with Crippen LogP contribution < -0.4 is 26.2 Å². The van der Waals surface area contributed by atoms with Crippen LogP contribution in [0.15, 0.2) is 83.2 Å². The van der Waals surface area contributed by atoms with Gasteiger partial charge in [0.05, 0.1) is 28.0 Å². The van der Waals surface area contributed by atoms with E-state index in [1.54, 1.807) is 24.3 Å². The number of rotatable bonds is 27. The Balaban J connectivity index is 1.34. The number of carbonyl (C=O) groups is 4. The molecule has 2 aliphatic rings. The number of benzene rings is 2. The molecule has 0 fully saturated rings. The number of fused-ring (bicyclic) bond motifs is 6. The molecule has 6 aromatic rings. The first-order valence-corrected chi connectivity index (χ1v) is 34.0. The topological polar surface area (TPSA) is 257 Å². The summed E-state index contributed by atoms with van der Waals surface area (Å²) in [7, 11) is -8.69. The predicted molar refractivity (Wildman–Crippen MR) is 337 cm³/mol. The van der Waals surface area contributed by atoms with Crippen molar-refractivity contribution in [3.63, 3.8) is 0 Å². The van der Waals surface area contributed by atoms with Gasteiger partial charge >= 0.3 is 0 Å². The van der Waals surface area contributed by atoms with E-state index < -0.39 is 66.2 Å². The summed E-state index contributed by atoms with van der Waals surface area (Å²) < 4.78 is 73.7. The molecule has 0 bridgehead atoms. The first-order valence-electron chi connectivity index (χ1n) is 29.0.